The van der Waals surface area contributed by atoms with Crippen LogP contribution in [0, 0.1) is 11.8 Å². The molecular weight excluding hydrogens is 743 g/mol. The van der Waals surface area contributed by atoms with Crippen LogP contribution in [-0.2, 0) is 19.2 Å². The van der Waals surface area contributed by atoms with E-state index in [1.54, 1.807) is 42.0 Å². The predicted octanol–water partition coefficient (Wildman–Crippen LogP) is 8.26. The van der Waals surface area contributed by atoms with Gasteiger partial charge < -0.3 is 36.5 Å². The van der Waals surface area contributed by atoms with E-state index in [0.717, 1.165) is 72.5 Å². The lowest BCUT2D eigenvalue weighted by Crippen LogP contribution is -2.43. The summed E-state index contributed by atoms with van der Waals surface area (Å²) in [6, 6.07) is 7.24. The summed E-state index contributed by atoms with van der Waals surface area (Å²) in [7, 11) is 1.62. The number of aromatic amines is 1. The minimum absolute atomic E-state index is 0.00654. The number of nitrogens with two attached hydrogens (primary N) is 2. The number of aromatic nitrogens is 1. The van der Waals surface area contributed by atoms with Crippen LogP contribution in [0.1, 0.15) is 131 Å². The normalized spacial score (nSPS) is 18.4. The van der Waals surface area contributed by atoms with Gasteiger partial charge in [-0.1, -0.05) is 83.9 Å². The number of ether oxygens (including phenoxy) is 1. The number of hydrogen-bond acceptors (Lipinski definition) is 8. The molecule has 2 saturated carbocycles. The number of hydrogen-bond donors (Lipinski definition) is 5. The number of unbranched alkanes of at least 4 members (excludes halogenated alkanes) is 4. The first-order chi connectivity index (χ1) is 27.3. The lowest BCUT2D eigenvalue weighted by molar-refractivity contribution is -0.138. The molecule has 7 N–H and O–H groups in total. The summed E-state index contributed by atoms with van der Waals surface area (Å²) in [6.45, 7) is 16.0. The van der Waals surface area contributed by atoms with Crippen molar-refractivity contribution in [2.45, 2.75) is 137 Å². The number of likely N-dealkylation sites (tertiary alicyclic amines) is 1. The number of primary amides is 2. The molecule has 2 heterocycles. The number of H-pyrrole nitrogens is 1. The van der Waals surface area contributed by atoms with E-state index in [9.17, 15) is 24.0 Å². The molecule has 1 aromatic heterocycles. The van der Waals surface area contributed by atoms with E-state index in [4.69, 9.17) is 15.6 Å². The molecule has 1 aromatic carbocycles. The third-order valence-electron chi connectivity index (χ3n) is 9.51. The molecule has 57 heavy (non-hydrogen) atoms. The number of carboxylic acids is 1. The maximum atomic E-state index is 12.3. The highest BCUT2D eigenvalue weighted by Gasteiger charge is 2.40. The van der Waals surface area contributed by atoms with Crippen molar-refractivity contribution >= 4 is 51.9 Å². The fraction of sp³-hybridized carbons (Fsp3) is 0.568. The van der Waals surface area contributed by atoms with Gasteiger partial charge in [-0.25, -0.2) is 0 Å². The monoisotopic (exact) mass is 811 g/mol. The highest BCUT2D eigenvalue weighted by atomic mass is 32.2. The average Bonchev–Trinajstić information content (AvgIpc) is 3.51. The number of benzene rings is 1. The molecule has 1 aliphatic heterocycles. The number of carboxylic acid groups (broad SMARTS) is 1. The van der Waals surface area contributed by atoms with E-state index in [2.05, 4.69) is 28.7 Å². The molecule has 0 bridgehead atoms. The topological polar surface area (TPSA) is 198 Å². The molecule has 0 radical (unpaired) electrons. The molecule has 318 valence electrons. The van der Waals surface area contributed by atoms with Gasteiger partial charge in [0.1, 0.15) is 11.8 Å². The second-order valence-corrected chi connectivity index (χ2v) is 14.9. The van der Waals surface area contributed by atoms with Crippen molar-refractivity contribution in [3.63, 3.8) is 0 Å². The number of methoxy groups -OCH3 is 1. The second kappa shape index (κ2) is 28.0. The van der Waals surface area contributed by atoms with E-state index < -0.39 is 17.9 Å². The van der Waals surface area contributed by atoms with Crippen molar-refractivity contribution in [1.29, 1.82) is 0 Å². The Morgan fingerprint density at radius 1 is 1.00 bits per heavy atom. The van der Waals surface area contributed by atoms with Crippen LogP contribution in [0.4, 0.5) is 0 Å². The van der Waals surface area contributed by atoms with Crippen LogP contribution in [0.3, 0.4) is 0 Å². The number of carbonyl (C=O) groups excluding carboxylic acids is 3. The molecule has 3 aliphatic rings. The number of aliphatic carboxylic acids is 1. The van der Waals surface area contributed by atoms with Gasteiger partial charge in [-0.3, -0.25) is 24.0 Å². The van der Waals surface area contributed by atoms with Gasteiger partial charge in [-0.2, -0.15) is 0 Å². The SMILES string of the molecule is C=C(NC1CCCC1)S/C=C(\C)c1cc(=O)c2ccc(OC)cc2[nH]1.CC.CC.CC(N)=O.NC(=O)C1CCCN1C(=O)CCCCCC/C=C\C1CC1C(=O)O. The first kappa shape index (κ1) is 50.5. The Hall–Kier alpha value is -4.52. The number of rotatable bonds is 16. The van der Waals surface area contributed by atoms with Crippen molar-refractivity contribution < 1.29 is 29.0 Å². The first-order valence-corrected chi connectivity index (χ1v) is 21.4. The molecule has 3 fully saturated rings. The number of fused-ring (bicyclic) bond motifs is 1. The summed E-state index contributed by atoms with van der Waals surface area (Å²) < 4.78 is 5.24. The van der Waals surface area contributed by atoms with Crippen LogP contribution in [-0.4, -0.2) is 64.4 Å². The highest BCUT2D eigenvalue weighted by Crippen LogP contribution is 2.39. The summed E-state index contributed by atoms with van der Waals surface area (Å²) in [6.07, 6.45) is 16.9. The smallest absolute Gasteiger partial charge is 0.307 e. The lowest BCUT2D eigenvalue weighted by Gasteiger charge is -2.22. The van der Waals surface area contributed by atoms with Crippen LogP contribution in [0.25, 0.3) is 16.5 Å². The van der Waals surface area contributed by atoms with E-state index in [1.165, 1.54) is 32.6 Å². The second-order valence-electron chi connectivity index (χ2n) is 13.9. The van der Waals surface area contributed by atoms with E-state index in [1.807, 2.05) is 52.2 Å². The summed E-state index contributed by atoms with van der Waals surface area (Å²) in [5.41, 5.74) is 12.4. The Bertz CT molecular complexity index is 1700. The van der Waals surface area contributed by atoms with Gasteiger partial charge in [0.15, 0.2) is 5.43 Å². The molecule has 13 heteroatoms. The first-order valence-electron chi connectivity index (χ1n) is 20.5. The number of nitrogens with zero attached hydrogens (tertiary/aromatic N) is 1. The quantitative estimate of drug-likeness (QED) is 0.0818. The molecule has 0 spiro atoms. The largest absolute Gasteiger partial charge is 0.497 e. The molecular formula is C44H69N5O7S. The fourth-order valence-corrected chi connectivity index (χ4v) is 7.19. The van der Waals surface area contributed by atoms with Gasteiger partial charge in [-0.05, 0) is 87.3 Å². The summed E-state index contributed by atoms with van der Waals surface area (Å²) in [4.78, 5) is 60.6. The Morgan fingerprint density at radius 2 is 1.65 bits per heavy atom. The highest BCUT2D eigenvalue weighted by molar-refractivity contribution is 8.05. The number of allylic oxidation sites excluding steroid dienone is 3. The van der Waals surface area contributed by atoms with Gasteiger partial charge in [0.05, 0.1) is 23.6 Å². The zero-order chi connectivity index (χ0) is 42.9. The summed E-state index contributed by atoms with van der Waals surface area (Å²) in [5.74, 6) is -0.574. The number of carbonyl (C=O) groups is 4. The standard InChI is InChI=1S/C20H24N2O2S.C18H28N2O4.C2H5NO.2C2H6/c1-13(12-25-14(2)21-15-6-4-5-7-15)18-11-20(23)17-9-8-16(24-3)10-19(17)22-18;19-17(22)15-9-7-11-20(15)16(21)10-6-4-2-1-3-5-8-13-12-14(13)18(23)24;1-2(3)4;2*1-2/h8-12,15,21H,2,4-7H2,1,3H3,(H,22,23);5,8,13-15H,1-4,6-7,9-12H2,(H2,19,22)(H,23,24);1H3,(H2,3,4);2*1-2H3/b13-12+;8-5-;;;. The minimum Gasteiger partial charge on any atom is -0.497 e. The van der Waals surface area contributed by atoms with Gasteiger partial charge >= 0.3 is 5.97 Å². The third kappa shape index (κ3) is 19.0. The maximum absolute atomic E-state index is 12.3. The Morgan fingerprint density at radius 3 is 2.25 bits per heavy atom. The zero-order valence-electron chi connectivity index (χ0n) is 35.4. The van der Waals surface area contributed by atoms with Crippen molar-refractivity contribution in [3.8, 4) is 5.75 Å². The van der Waals surface area contributed by atoms with Crippen LogP contribution in [0.15, 0.2) is 58.2 Å². The van der Waals surface area contributed by atoms with Crippen LogP contribution in [0.2, 0.25) is 0 Å². The lowest BCUT2D eigenvalue weighted by atomic mass is 10.1. The molecule has 12 nitrogen and oxygen atoms in total. The zero-order valence-corrected chi connectivity index (χ0v) is 36.2. The van der Waals surface area contributed by atoms with Gasteiger partial charge in [0, 0.05) is 49.1 Å². The Balaban J connectivity index is 0.000000483. The maximum Gasteiger partial charge on any atom is 0.307 e. The van der Waals surface area contributed by atoms with Gasteiger partial charge in [-0.15, -0.1) is 0 Å². The summed E-state index contributed by atoms with van der Waals surface area (Å²) in [5, 5.41) is 15.9. The number of thioether (sulfide) groups is 1. The predicted molar refractivity (Wildman–Crippen MR) is 234 cm³/mol. The summed E-state index contributed by atoms with van der Waals surface area (Å²) >= 11 is 1.57. The molecule has 5 rings (SSSR count). The van der Waals surface area contributed by atoms with Crippen LogP contribution in [0.5, 0.6) is 5.75 Å². The van der Waals surface area contributed by atoms with Crippen molar-refractivity contribution in [1.82, 2.24) is 15.2 Å². The molecule has 3 atom stereocenters. The van der Waals surface area contributed by atoms with Gasteiger partial charge in [0.25, 0.3) is 0 Å². The number of pyridine rings is 1. The molecule has 3 unspecified atom stereocenters. The molecule has 2 aliphatic carbocycles. The van der Waals surface area contributed by atoms with Gasteiger partial charge in [0.2, 0.25) is 17.7 Å². The van der Waals surface area contributed by atoms with E-state index in [0.29, 0.717) is 30.8 Å². The van der Waals surface area contributed by atoms with Crippen molar-refractivity contribution in [2.75, 3.05) is 13.7 Å². The molecule has 1 saturated heterocycles. The third-order valence-corrected chi connectivity index (χ3v) is 10.4. The average molecular weight is 812 g/mol. The Kier molecular flexibility index (Phi) is 24.8. The van der Waals surface area contributed by atoms with Crippen LogP contribution >= 0.6 is 11.8 Å². The van der Waals surface area contributed by atoms with E-state index in [-0.39, 0.29) is 29.1 Å². The van der Waals surface area contributed by atoms with Crippen molar-refractivity contribution in [2.24, 2.45) is 23.3 Å². The number of nitrogens with one attached hydrogen (secondary N) is 2. The molecule has 2 aromatic rings. The number of amides is 3. The fourth-order valence-electron chi connectivity index (χ4n) is 6.50. The van der Waals surface area contributed by atoms with E-state index >= 15 is 0 Å². The Labute approximate surface area is 344 Å². The van der Waals surface area contributed by atoms with Crippen LogP contribution < -0.4 is 26.9 Å². The minimum atomic E-state index is -0.689. The van der Waals surface area contributed by atoms with Crippen molar-refractivity contribution in [3.05, 3.63) is 69.4 Å². The molecule has 3 amide bonds.